The Morgan fingerprint density at radius 2 is 2.05 bits per heavy atom. The zero-order valence-corrected chi connectivity index (χ0v) is 13.0. The van der Waals surface area contributed by atoms with E-state index >= 15 is 0 Å². The molecule has 2 rings (SSSR count). The van der Waals surface area contributed by atoms with Crippen molar-refractivity contribution >= 4 is 17.5 Å². The Balaban J connectivity index is 2.16. The molecule has 0 saturated carbocycles. The van der Waals surface area contributed by atoms with Gasteiger partial charge < -0.3 is 15.1 Å². The predicted octanol–water partition coefficient (Wildman–Crippen LogP) is 1.59. The van der Waals surface area contributed by atoms with E-state index in [9.17, 15) is 9.59 Å². The van der Waals surface area contributed by atoms with E-state index in [1.54, 1.807) is 19.0 Å². The van der Waals surface area contributed by atoms with Crippen molar-refractivity contribution in [1.82, 2.24) is 9.80 Å². The Labute approximate surface area is 125 Å². The van der Waals surface area contributed by atoms with Crippen molar-refractivity contribution < 1.29 is 9.59 Å². The second kappa shape index (κ2) is 6.61. The molecule has 1 aromatic carbocycles. The molecule has 1 aliphatic heterocycles. The van der Waals surface area contributed by atoms with Crippen LogP contribution >= 0.6 is 0 Å². The van der Waals surface area contributed by atoms with Gasteiger partial charge >= 0.3 is 0 Å². The lowest BCUT2D eigenvalue weighted by atomic mass is 10.1. The van der Waals surface area contributed by atoms with Crippen LogP contribution in [0.4, 0.5) is 5.69 Å². The predicted molar refractivity (Wildman–Crippen MR) is 83.5 cm³/mol. The minimum Gasteiger partial charge on any atom is -0.384 e. The smallest absolute Gasteiger partial charge is 0.254 e. The van der Waals surface area contributed by atoms with E-state index in [-0.39, 0.29) is 18.4 Å². The molecular weight excluding hydrogens is 266 g/mol. The summed E-state index contributed by atoms with van der Waals surface area (Å²) in [6.45, 7) is 3.64. The first-order chi connectivity index (χ1) is 10.0. The molecular formula is C16H23N3O2. The third-order valence-electron chi connectivity index (χ3n) is 3.67. The molecule has 114 valence electrons. The van der Waals surface area contributed by atoms with Gasteiger partial charge in [0, 0.05) is 38.4 Å². The number of benzene rings is 1. The van der Waals surface area contributed by atoms with Gasteiger partial charge in [-0.25, -0.2) is 0 Å². The van der Waals surface area contributed by atoms with Crippen LogP contribution in [0.25, 0.3) is 0 Å². The molecule has 5 heteroatoms. The highest BCUT2D eigenvalue weighted by atomic mass is 16.2. The lowest BCUT2D eigenvalue weighted by Crippen LogP contribution is -2.40. The average Bonchev–Trinajstić information content (AvgIpc) is 2.93. The molecule has 0 saturated heterocycles. The standard InChI is InChI=1S/C16H23N3O2/c1-4-9-19(11-15(20)18(2)3)16(21)13-6-5-12-7-8-17-14(12)10-13/h5-6,10,17H,4,7-9,11H2,1-3H3. The Morgan fingerprint density at radius 3 is 2.71 bits per heavy atom. The first-order valence-corrected chi connectivity index (χ1v) is 7.39. The molecule has 0 unspecified atom stereocenters. The molecule has 0 radical (unpaired) electrons. The van der Waals surface area contributed by atoms with Crippen LogP contribution < -0.4 is 5.32 Å². The van der Waals surface area contributed by atoms with Crippen LogP contribution in [0.15, 0.2) is 18.2 Å². The van der Waals surface area contributed by atoms with Crippen molar-refractivity contribution in [1.29, 1.82) is 0 Å². The number of nitrogens with one attached hydrogen (secondary N) is 1. The van der Waals surface area contributed by atoms with Crippen LogP contribution in [0.1, 0.15) is 29.3 Å². The zero-order chi connectivity index (χ0) is 15.4. The minimum absolute atomic E-state index is 0.0592. The van der Waals surface area contributed by atoms with E-state index in [2.05, 4.69) is 5.32 Å². The van der Waals surface area contributed by atoms with Crippen LogP contribution in [-0.4, -0.2) is 55.3 Å². The number of rotatable bonds is 5. The highest BCUT2D eigenvalue weighted by molar-refractivity contribution is 5.97. The highest BCUT2D eigenvalue weighted by Gasteiger charge is 2.20. The summed E-state index contributed by atoms with van der Waals surface area (Å²) in [7, 11) is 3.41. The molecule has 1 aliphatic rings. The number of likely N-dealkylation sites (N-methyl/N-ethyl adjacent to an activating group) is 1. The SMILES string of the molecule is CCCN(CC(=O)N(C)C)C(=O)c1ccc2c(c1)NCC2. The van der Waals surface area contributed by atoms with Crippen molar-refractivity contribution in [2.24, 2.45) is 0 Å². The lowest BCUT2D eigenvalue weighted by Gasteiger charge is -2.23. The van der Waals surface area contributed by atoms with Gasteiger partial charge in [0.1, 0.15) is 6.54 Å². The van der Waals surface area contributed by atoms with Crippen LogP contribution in [0.2, 0.25) is 0 Å². The minimum atomic E-state index is -0.0800. The van der Waals surface area contributed by atoms with E-state index < -0.39 is 0 Å². The van der Waals surface area contributed by atoms with Crippen molar-refractivity contribution in [3.63, 3.8) is 0 Å². The van der Waals surface area contributed by atoms with Crippen molar-refractivity contribution in [3.8, 4) is 0 Å². The summed E-state index contributed by atoms with van der Waals surface area (Å²) in [6.07, 6.45) is 1.83. The number of carbonyl (C=O) groups is 2. The van der Waals surface area contributed by atoms with Gasteiger partial charge in [-0.3, -0.25) is 9.59 Å². The van der Waals surface area contributed by atoms with Gasteiger partial charge in [-0.15, -0.1) is 0 Å². The van der Waals surface area contributed by atoms with E-state index in [1.807, 2.05) is 25.1 Å². The lowest BCUT2D eigenvalue weighted by molar-refractivity contribution is -0.129. The van der Waals surface area contributed by atoms with Gasteiger partial charge in [0.2, 0.25) is 5.91 Å². The summed E-state index contributed by atoms with van der Waals surface area (Å²) in [5.41, 5.74) is 2.93. The molecule has 0 atom stereocenters. The van der Waals surface area contributed by atoms with Crippen molar-refractivity contribution in [2.45, 2.75) is 19.8 Å². The number of nitrogens with zero attached hydrogens (tertiary/aromatic N) is 2. The molecule has 0 bridgehead atoms. The summed E-state index contributed by atoms with van der Waals surface area (Å²) in [5.74, 6) is -0.139. The number of amides is 2. The molecule has 0 fully saturated rings. The number of fused-ring (bicyclic) bond motifs is 1. The van der Waals surface area contributed by atoms with Crippen molar-refractivity contribution in [3.05, 3.63) is 29.3 Å². The van der Waals surface area contributed by atoms with E-state index in [0.29, 0.717) is 12.1 Å². The number of anilines is 1. The molecule has 1 aromatic rings. The second-order valence-corrected chi connectivity index (χ2v) is 5.56. The molecule has 2 amide bonds. The fourth-order valence-electron chi connectivity index (χ4n) is 2.43. The largest absolute Gasteiger partial charge is 0.384 e. The third kappa shape index (κ3) is 3.54. The van der Waals surface area contributed by atoms with E-state index in [0.717, 1.165) is 25.1 Å². The molecule has 0 spiro atoms. The third-order valence-corrected chi connectivity index (χ3v) is 3.67. The maximum Gasteiger partial charge on any atom is 0.254 e. The molecule has 1 N–H and O–H groups in total. The maximum absolute atomic E-state index is 12.6. The fraction of sp³-hybridized carbons (Fsp3) is 0.500. The second-order valence-electron chi connectivity index (χ2n) is 5.56. The zero-order valence-electron chi connectivity index (χ0n) is 13.0. The first-order valence-electron chi connectivity index (χ1n) is 7.39. The van der Waals surface area contributed by atoms with Gasteiger partial charge in [0.05, 0.1) is 0 Å². The Hall–Kier alpha value is -2.04. The van der Waals surface area contributed by atoms with E-state index in [4.69, 9.17) is 0 Å². The molecule has 1 heterocycles. The molecule has 0 aliphatic carbocycles. The summed E-state index contributed by atoms with van der Waals surface area (Å²) in [5, 5.41) is 3.28. The highest BCUT2D eigenvalue weighted by Crippen LogP contribution is 2.23. The van der Waals surface area contributed by atoms with Gasteiger partial charge in [-0.1, -0.05) is 13.0 Å². The number of carbonyl (C=O) groups excluding carboxylic acids is 2. The quantitative estimate of drug-likeness (QED) is 0.895. The van der Waals surface area contributed by atoms with Gasteiger partial charge in [0.25, 0.3) is 5.91 Å². The summed E-state index contributed by atoms with van der Waals surface area (Å²) >= 11 is 0. The number of hydrogen-bond donors (Lipinski definition) is 1. The van der Waals surface area contributed by atoms with Gasteiger partial charge in [0.15, 0.2) is 0 Å². The van der Waals surface area contributed by atoms with E-state index in [1.165, 1.54) is 10.5 Å². The number of hydrogen-bond acceptors (Lipinski definition) is 3. The Bertz CT molecular complexity index is 540. The molecule has 0 aromatic heterocycles. The first kappa shape index (κ1) is 15.4. The van der Waals surface area contributed by atoms with Crippen molar-refractivity contribution in [2.75, 3.05) is 39.0 Å². The average molecular weight is 289 g/mol. The summed E-state index contributed by atoms with van der Waals surface area (Å²) in [4.78, 5) is 27.6. The van der Waals surface area contributed by atoms with Gasteiger partial charge in [-0.05, 0) is 30.5 Å². The molecule has 21 heavy (non-hydrogen) atoms. The maximum atomic E-state index is 12.6. The normalized spacial score (nSPS) is 12.5. The van der Waals surface area contributed by atoms with Crippen LogP contribution in [0.5, 0.6) is 0 Å². The Kier molecular flexibility index (Phi) is 4.83. The summed E-state index contributed by atoms with van der Waals surface area (Å²) in [6, 6.07) is 5.75. The molecule has 5 nitrogen and oxygen atoms in total. The Morgan fingerprint density at radius 1 is 1.29 bits per heavy atom. The topological polar surface area (TPSA) is 52.7 Å². The fourth-order valence-corrected chi connectivity index (χ4v) is 2.43. The van der Waals surface area contributed by atoms with Gasteiger partial charge in [-0.2, -0.15) is 0 Å². The van der Waals surface area contributed by atoms with Crippen LogP contribution in [0, 0.1) is 0 Å². The van der Waals surface area contributed by atoms with Crippen LogP contribution in [0.3, 0.4) is 0 Å². The monoisotopic (exact) mass is 289 g/mol. The summed E-state index contributed by atoms with van der Waals surface area (Å²) < 4.78 is 0. The van der Waals surface area contributed by atoms with Crippen LogP contribution in [-0.2, 0) is 11.2 Å².